The average molecular weight is 242 g/mol. The van der Waals surface area contributed by atoms with Crippen LogP contribution in [0.3, 0.4) is 0 Å². The molecule has 2 N–H and O–H groups in total. The topological polar surface area (TPSA) is 50.4 Å². The number of nitrogens with one attached hydrogen (secondary N) is 2. The van der Waals surface area contributed by atoms with E-state index in [4.69, 9.17) is 4.74 Å². The van der Waals surface area contributed by atoms with Crippen molar-refractivity contribution in [3.63, 3.8) is 0 Å². The SMILES string of the molecule is CCCC(COC)NC(=O)CC1CCCCN1. The van der Waals surface area contributed by atoms with Crippen molar-refractivity contribution in [3.05, 3.63) is 0 Å². The fourth-order valence-corrected chi connectivity index (χ4v) is 2.36. The molecule has 4 heteroatoms. The van der Waals surface area contributed by atoms with Gasteiger partial charge in [0, 0.05) is 19.6 Å². The Morgan fingerprint density at radius 3 is 2.94 bits per heavy atom. The van der Waals surface area contributed by atoms with Crippen LogP contribution in [0.5, 0.6) is 0 Å². The zero-order valence-corrected chi connectivity index (χ0v) is 11.1. The van der Waals surface area contributed by atoms with Crippen molar-refractivity contribution in [3.8, 4) is 0 Å². The molecule has 0 aromatic heterocycles. The number of carbonyl (C=O) groups is 1. The third kappa shape index (κ3) is 6.03. The van der Waals surface area contributed by atoms with Crippen LogP contribution in [0.15, 0.2) is 0 Å². The van der Waals surface area contributed by atoms with Crippen LogP contribution in [-0.2, 0) is 9.53 Å². The second-order valence-corrected chi connectivity index (χ2v) is 4.86. The standard InChI is InChI=1S/C13H26N2O2/c1-3-6-12(10-17-2)15-13(16)9-11-7-4-5-8-14-11/h11-12,14H,3-10H2,1-2H3,(H,15,16). The molecule has 0 bridgehead atoms. The minimum Gasteiger partial charge on any atom is -0.383 e. The molecular weight excluding hydrogens is 216 g/mol. The zero-order chi connectivity index (χ0) is 12.5. The van der Waals surface area contributed by atoms with Crippen LogP contribution in [0.4, 0.5) is 0 Å². The molecule has 0 aromatic rings. The number of ether oxygens (including phenoxy) is 1. The molecule has 0 spiro atoms. The summed E-state index contributed by atoms with van der Waals surface area (Å²) in [5, 5.41) is 6.46. The zero-order valence-electron chi connectivity index (χ0n) is 11.1. The maximum absolute atomic E-state index is 11.9. The molecule has 2 atom stereocenters. The Kier molecular flexibility index (Phi) is 7.21. The number of piperidine rings is 1. The minimum atomic E-state index is 0.153. The summed E-state index contributed by atoms with van der Waals surface area (Å²) in [6.45, 7) is 3.78. The highest BCUT2D eigenvalue weighted by atomic mass is 16.5. The van der Waals surface area contributed by atoms with Crippen LogP contribution in [0.2, 0.25) is 0 Å². The largest absolute Gasteiger partial charge is 0.383 e. The smallest absolute Gasteiger partial charge is 0.221 e. The summed E-state index contributed by atoms with van der Waals surface area (Å²) in [5.74, 6) is 0.153. The van der Waals surface area contributed by atoms with E-state index in [1.54, 1.807) is 7.11 Å². The number of rotatable bonds is 7. The molecule has 1 amide bonds. The van der Waals surface area contributed by atoms with Gasteiger partial charge >= 0.3 is 0 Å². The van der Waals surface area contributed by atoms with Gasteiger partial charge in [-0.1, -0.05) is 19.8 Å². The molecule has 1 heterocycles. The highest BCUT2D eigenvalue weighted by Gasteiger charge is 2.18. The molecule has 0 aromatic carbocycles. The second kappa shape index (κ2) is 8.48. The monoisotopic (exact) mass is 242 g/mol. The number of hydrogen-bond acceptors (Lipinski definition) is 3. The molecule has 0 aliphatic carbocycles. The minimum absolute atomic E-state index is 0.153. The van der Waals surface area contributed by atoms with Gasteiger partial charge in [-0.05, 0) is 25.8 Å². The number of amides is 1. The normalized spacial score (nSPS) is 22.1. The molecular formula is C13H26N2O2. The van der Waals surface area contributed by atoms with E-state index in [2.05, 4.69) is 17.6 Å². The van der Waals surface area contributed by atoms with E-state index >= 15 is 0 Å². The summed E-state index contributed by atoms with van der Waals surface area (Å²) in [6.07, 6.45) is 6.25. The molecule has 2 unspecified atom stereocenters. The predicted octanol–water partition coefficient (Wildman–Crippen LogP) is 1.45. The first-order chi connectivity index (χ1) is 8.26. The molecule has 0 saturated carbocycles. The van der Waals surface area contributed by atoms with Gasteiger partial charge in [-0.25, -0.2) is 0 Å². The first kappa shape index (κ1) is 14.5. The van der Waals surface area contributed by atoms with Crippen molar-refractivity contribution in [1.82, 2.24) is 10.6 Å². The van der Waals surface area contributed by atoms with E-state index in [1.807, 2.05) is 0 Å². The van der Waals surface area contributed by atoms with E-state index in [-0.39, 0.29) is 11.9 Å². The average Bonchev–Trinajstić information content (AvgIpc) is 2.30. The fourth-order valence-electron chi connectivity index (χ4n) is 2.36. The van der Waals surface area contributed by atoms with Crippen LogP contribution < -0.4 is 10.6 Å². The van der Waals surface area contributed by atoms with E-state index < -0.39 is 0 Å². The Hall–Kier alpha value is -0.610. The summed E-state index contributed by atoms with van der Waals surface area (Å²) in [4.78, 5) is 11.9. The Bertz CT molecular complexity index is 209. The van der Waals surface area contributed by atoms with Gasteiger partial charge < -0.3 is 15.4 Å². The van der Waals surface area contributed by atoms with Crippen molar-refractivity contribution in [2.45, 2.75) is 57.5 Å². The Morgan fingerprint density at radius 2 is 2.35 bits per heavy atom. The fraction of sp³-hybridized carbons (Fsp3) is 0.923. The quantitative estimate of drug-likeness (QED) is 0.710. The summed E-state index contributed by atoms with van der Waals surface area (Å²) in [5.41, 5.74) is 0. The lowest BCUT2D eigenvalue weighted by Gasteiger charge is -2.24. The van der Waals surface area contributed by atoms with Crippen molar-refractivity contribution in [1.29, 1.82) is 0 Å². The molecule has 1 aliphatic rings. The van der Waals surface area contributed by atoms with Gasteiger partial charge in [0.15, 0.2) is 0 Å². The van der Waals surface area contributed by atoms with Gasteiger partial charge in [-0.15, -0.1) is 0 Å². The maximum atomic E-state index is 11.9. The summed E-state index contributed by atoms with van der Waals surface area (Å²) in [7, 11) is 1.68. The molecule has 17 heavy (non-hydrogen) atoms. The molecule has 0 radical (unpaired) electrons. The molecule has 100 valence electrons. The number of hydrogen-bond donors (Lipinski definition) is 2. The first-order valence-electron chi connectivity index (χ1n) is 6.78. The molecule has 1 rings (SSSR count). The second-order valence-electron chi connectivity index (χ2n) is 4.86. The summed E-state index contributed by atoms with van der Waals surface area (Å²) >= 11 is 0. The highest BCUT2D eigenvalue weighted by Crippen LogP contribution is 2.10. The van der Waals surface area contributed by atoms with Crippen LogP contribution in [0, 0.1) is 0 Å². The van der Waals surface area contributed by atoms with Gasteiger partial charge in [-0.2, -0.15) is 0 Å². The third-order valence-electron chi connectivity index (χ3n) is 3.21. The van der Waals surface area contributed by atoms with Gasteiger partial charge in [0.2, 0.25) is 5.91 Å². The lowest BCUT2D eigenvalue weighted by atomic mass is 10.0. The lowest BCUT2D eigenvalue weighted by Crippen LogP contribution is -2.43. The first-order valence-corrected chi connectivity index (χ1v) is 6.78. The Balaban J connectivity index is 2.25. The van der Waals surface area contributed by atoms with Gasteiger partial charge in [-0.3, -0.25) is 4.79 Å². The third-order valence-corrected chi connectivity index (χ3v) is 3.21. The van der Waals surface area contributed by atoms with E-state index in [1.165, 1.54) is 12.8 Å². The summed E-state index contributed by atoms with van der Waals surface area (Å²) in [6, 6.07) is 0.537. The number of carbonyl (C=O) groups excluding carboxylic acids is 1. The van der Waals surface area contributed by atoms with E-state index in [0.29, 0.717) is 19.1 Å². The molecule has 1 aliphatic heterocycles. The van der Waals surface area contributed by atoms with Crippen LogP contribution in [0.25, 0.3) is 0 Å². The molecule has 1 fully saturated rings. The molecule has 4 nitrogen and oxygen atoms in total. The van der Waals surface area contributed by atoms with Crippen molar-refractivity contribution in [2.24, 2.45) is 0 Å². The van der Waals surface area contributed by atoms with E-state index in [0.717, 1.165) is 25.8 Å². The van der Waals surface area contributed by atoms with Crippen molar-refractivity contribution >= 4 is 5.91 Å². The van der Waals surface area contributed by atoms with E-state index in [9.17, 15) is 4.79 Å². The van der Waals surface area contributed by atoms with Crippen LogP contribution >= 0.6 is 0 Å². The Labute approximate surface area is 104 Å². The lowest BCUT2D eigenvalue weighted by molar-refractivity contribution is -0.122. The maximum Gasteiger partial charge on any atom is 0.221 e. The Morgan fingerprint density at radius 1 is 1.53 bits per heavy atom. The highest BCUT2D eigenvalue weighted by molar-refractivity contribution is 5.76. The predicted molar refractivity (Wildman–Crippen MR) is 69.0 cm³/mol. The van der Waals surface area contributed by atoms with Crippen LogP contribution in [-0.4, -0.2) is 38.3 Å². The van der Waals surface area contributed by atoms with Crippen molar-refractivity contribution < 1.29 is 9.53 Å². The number of methoxy groups -OCH3 is 1. The summed E-state index contributed by atoms with van der Waals surface area (Å²) < 4.78 is 5.12. The van der Waals surface area contributed by atoms with Crippen LogP contribution in [0.1, 0.15) is 45.4 Å². The van der Waals surface area contributed by atoms with Gasteiger partial charge in [0.25, 0.3) is 0 Å². The van der Waals surface area contributed by atoms with Gasteiger partial charge in [0.1, 0.15) is 0 Å². The van der Waals surface area contributed by atoms with Gasteiger partial charge in [0.05, 0.1) is 12.6 Å². The van der Waals surface area contributed by atoms with Crippen molar-refractivity contribution in [2.75, 3.05) is 20.3 Å². The molecule has 1 saturated heterocycles.